The number of anilines is 1. The van der Waals surface area contributed by atoms with Gasteiger partial charge < -0.3 is 10.1 Å². The van der Waals surface area contributed by atoms with Crippen molar-refractivity contribution in [2.24, 2.45) is 0 Å². The molecule has 0 radical (unpaired) electrons. The summed E-state index contributed by atoms with van der Waals surface area (Å²) in [6, 6.07) is 11.8. The standard InChI is InChI=1S/C21H20ClFN4O4S/c1-14-11-20(27(25-14)17-4-2-3-16(22)13-17)24-21(28)15-5-6-18(23)19(12-15)32(29,30)26-7-9-31-10-8-26/h2-6,11-13H,7-10H2,1H3,(H,24,28). The van der Waals surface area contributed by atoms with Crippen LogP contribution in [0.1, 0.15) is 16.1 Å². The lowest BCUT2D eigenvalue weighted by molar-refractivity contribution is 0.0729. The van der Waals surface area contributed by atoms with Crippen molar-refractivity contribution < 1.29 is 22.3 Å². The second-order valence-corrected chi connectivity index (χ2v) is 9.52. The number of halogens is 2. The second kappa shape index (κ2) is 8.99. The van der Waals surface area contributed by atoms with E-state index in [2.05, 4.69) is 10.4 Å². The van der Waals surface area contributed by atoms with Crippen molar-refractivity contribution in [3.05, 3.63) is 70.6 Å². The van der Waals surface area contributed by atoms with E-state index < -0.39 is 26.6 Å². The van der Waals surface area contributed by atoms with Gasteiger partial charge in [0, 0.05) is 29.7 Å². The summed E-state index contributed by atoms with van der Waals surface area (Å²) in [5.41, 5.74) is 1.28. The van der Waals surface area contributed by atoms with Gasteiger partial charge in [-0.15, -0.1) is 0 Å². The lowest BCUT2D eigenvalue weighted by Crippen LogP contribution is -2.41. The number of amides is 1. The van der Waals surface area contributed by atoms with Crippen LogP contribution in [0.5, 0.6) is 0 Å². The Morgan fingerprint density at radius 2 is 1.91 bits per heavy atom. The molecule has 0 saturated carbocycles. The fourth-order valence-electron chi connectivity index (χ4n) is 3.35. The maximum absolute atomic E-state index is 14.4. The molecule has 1 saturated heterocycles. The van der Waals surface area contributed by atoms with Crippen LogP contribution in [0.15, 0.2) is 53.4 Å². The number of morpholine rings is 1. The minimum absolute atomic E-state index is 0.00488. The predicted octanol–water partition coefficient (Wildman–Crippen LogP) is 3.25. The van der Waals surface area contributed by atoms with Crippen LogP contribution < -0.4 is 5.32 Å². The van der Waals surface area contributed by atoms with E-state index in [1.165, 1.54) is 10.7 Å². The zero-order valence-electron chi connectivity index (χ0n) is 17.1. The first-order chi connectivity index (χ1) is 15.3. The van der Waals surface area contributed by atoms with Crippen LogP contribution in [0.4, 0.5) is 10.2 Å². The summed E-state index contributed by atoms with van der Waals surface area (Å²) in [6.07, 6.45) is 0. The second-order valence-electron chi connectivity index (χ2n) is 7.18. The Hall–Kier alpha value is -2.79. The predicted molar refractivity (Wildman–Crippen MR) is 117 cm³/mol. The maximum Gasteiger partial charge on any atom is 0.256 e. The zero-order chi connectivity index (χ0) is 22.9. The third kappa shape index (κ3) is 4.53. The Morgan fingerprint density at radius 3 is 2.62 bits per heavy atom. The number of aromatic nitrogens is 2. The van der Waals surface area contributed by atoms with Gasteiger partial charge in [0.25, 0.3) is 5.91 Å². The van der Waals surface area contributed by atoms with Gasteiger partial charge in [0.05, 0.1) is 24.6 Å². The van der Waals surface area contributed by atoms with Gasteiger partial charge in [0.2, 0.25) is 10.0 Å². The number of carbonyl (C=O) groups excluding carboxylic acids is 1. The summed E-state index contributed by atoms with van der Waals surface area (Å²) in [5, 5.41) is 7.58. The number of aryl methyl sites for hydroxylation is 1. The van der Waals surface area contributed by atoms with E-state index in [0.29, 0.717) is 22.2 Å². The van der Waals surface area contributed by atoms with Gasteiger partial charge in [-0.3, -0.25) is 4.79 Å². The van der Waals surface area contributed by atoms with E-state index in [9.17, 15) is 17.6 Å². The molecule has 3 aromatic rings. The molecule has 1 aliphatic heterocycles. The van der Waals surface area contributed by atoms with Gasteiger partial charge in [0.1, 0.15) is 16.5 Å². The molecule has 168 valence electrons. The molecule has 8 nitrogen and oxygen atoms in total. The Balaban J connectivity index is 1.64. The number of hydrogen-bond acceptors (Lipinski definition) is 5. The van der Waals surface area contributed by atoms with Crippen LogP contribution in [0.25, 0.3) is 5.69 Å². The first kappa shape index (κ1) is 22.4. The van der Waals surface area contributed by atoms with E-state index in [1.807, 2.05) is 0 Å². The average Bonchev–Trinajstić information content (AvgIpc) is 3.14. The number of nitrogens with zero attached hydrogens (tertiary/aromatic N) is 3. The van der Waals surface area contributed by atoms with Crippen LogP contribution in [0.2, 0.25) is 5.02 Å². The number of ether oxygens (including phenoxy) is 1. The molecule has 11 heteroatoms. The molecule has 4 rings (SSSR count). The molecule has 0 aliphatic carbocycles. The highest BCUT2D eigenvalue weighted by Gasteiger charge is 2.30. The van der Waals surface area contributed by atoms with Gasteiger partial charge in [-0.1, -0.05) is 17.7 Å². The third-order valence-corrected chi connectivity index (χ3v) is 7.06. The van der Waals surface area contributed by atoms with Gasteiger partial charge >= 0.3 is 0 Å². The van der Waals surface area contributed by atoms with E-state index >= 15 is 0 Å². The minimum Gasteiger partial charge on any atom is -0.379 e. The first-order valence-electron chi connectivity index (χ1n) is 9.77. The summed E-state index contributed by atoms with van der Waals surface area (Å²) in [7, 11) is -4.11. The molecule has 0 spiro atoms. The van der Waals surface area contributed by atoms with Crippen molar-refractivity contribution in [1.82, 2.24) is 14.1 Å². The highest BCUT2D eigenvalue weighted by atomic mass is 35.5. The van der Waals surface area contributed by atoms with E-state index in [-0.39, 0.29) is 31.9 Å². The molecule has 32 heavy (non-hydrogen) atoms. The maximum atomic E-state index is 14.4. The van der Waals surface area contributed by atoms with Crippen molar-refractivity contribution in [2.45, 2.75) is 11.8 Å². The van der Waals surface area contributed by atoms with Crippen molar-refractivity contribution in [3.63, 3.8) is 0 Å². The van der Waals surface area contributed by atoms with Crippen LogP contribution in [0.3, 0.4) is 0 Å². The van der Waals surface area contributed by atoms with E-state index in [4.69, 9.17) is 16.3 Å². The van der Waals surface area contributed by atoms with Crippen LogP contribution in [-0.2, 0) is 14.8 Å². The molecule has 2 heterocycles. The molecule has 1 amide bonds. The van der Waals surface area contributed by atoms with Crippen LogP contribution >= 0.6 is 11.6 Å². The Bertz CT molecular complexity index is 1270. The molecule has 0 unspecified atom stereocenters. The average molecular weight is 479 g/mol. The zero-order valence-corrected chi connectivity index (χ0v) is 18.7. The monoisotopic (exact) mass is 478 g/mol. The normalized spacial score (nSPS) is 15.0. The molecular weight excluding hydrogens is 459 g/mol. The lowest BCUT2D eigenvalue weighted by Gasteiger charge is -2.26. The van der Waals surface area contributed by atoms with Crippen molar-refractivity contribution in [1.29, 1.82) is 0 Å². The molecule has 1 aromatic heterocycles. The number of rotatable bonds is 5. The molecule has 2 aromatic carbocycles. The first-order valence-corrected chi connectivity index (χ1v) is 11.6. The third-order valence-electron chi connectivity index (χ3n) is 4.91. The van der Waals surface area contributed by atoms with Crippen molar-refractivity contribution in [3.8, 4) is 5.69 Å². The smallest absolute Gasteiger partial charge is 0.256 e. The van der Waals surface area contributed by atoms with Gasteiger partial charge in [-0.05, 0) is 43.3 Å². The fraction of sp³-hybridized carbons (Fsp3) is 0.238. The van der Waals surface area contributed by atoms with Gasteiger partial charge in [-0.25, -0.2) is 17.5 Å². The Kier molecular flexibility index (Phi) is 6.29. The van der Waals surface area contributed by atoms with E-state index in [0.717, 1.165) is 16.4 Å². The molecule has 0 atom stereocenters. The number of carbonyl (C=O) groups is 1. The number of nitrogens with one attached hydrogen (secondary N) is 1. The highest BCUT2D eigenvalue weighted by Crippen LogP contribution is 2.24. The van der Waals surface area contributed by atoms with Crippen molar-refractivity contribution >= 4 is 33.3 Å². The van der Waals surface area contributed by atoms with Crippen LogP contribution in [0, 0.1) is 12.7 Å². The molecular formula is C21H20ClFN4O4S. The molecule has 1 N–H and O–H groups in total. The van der Waals surface area contributed by atoms with Gasteiger partial charge in [0.15, 0.2) is 0 Å². The summed E-state index contributed by atoms with van der Waals surface area (Å²) in [6.45, 7) is 2.47. The highest BCUT2D eigenvalue weighted by molar-refractivity contribution is 7.89. The quantitative estimate of drug-likeness (QED) is 0.607. The topological polar surface area (TPSA) is 93.5 Å². The molecule has 0 bridgehead atoms. The number of benzene rings is 2. The summed E-state index contributed by atoms with van der Waals surface area (Å²) in [5.74, 6) is -1.17. The molecule has 1 aliphatic rings. The Morgan fingerprint density at radius 1 is 1.16 bits per heavy atom. The number of hydrogen-bond donors (Lipinski definition) is 1. The largest absolute Gasteiger partial charge is 0.379 e. The van der Waals surface area contributed by atoms with Crippen molar-refractivity contribution in [2.75, 3.05) is 31.6 Å². The van der Waals surface area contributed by atoms with E-state index in [1.54, 1.807) is 37.3 Å². The van der Waals surface area contributed by atoms with Crippen LogP contribution in [-0.4, -0.2) is 54.7 Å². The molecule has 1 fully saturated rings. The number of sulfonamides is 1. The fourth-order valence-corrected chi connectivity index (χ4v) is 5.03. The minimum atomic E-state index is -4.11. The summed E-state index contributed by atoms with van der Waals surface area (Å²) < 4.78 is 48.0. The van der Waals surface area contributed by atoms with Gasteiger partial charge in [-0.2, -0.15) is 9.40 Å². The summed E-state index contributed by atoms with van der Waals surface area (Å²) >= 11 is 6.06. The summed E-state index contributed by atoms with van der Waals surface area (Å²) in [4.78, 5) is 12.4. The Labute approximate surface area is 189 Å². The SMILES string of the molecule is Cc1cc(NC(=O)c2ccc(F)c(S(=O)(=O)N3CCOCC3)c2)n(-c2cccc(Cl)c2)n1. The lowest BCUT2D eigenvalue weighted by atomic mass is 10.2.